The quantitative estimate of drug-likeness (QED) is 0.247. The van der Waals surface area contributed by atoms with Gasteiger partial charge in [-0.3, -0.25) is 4.79 Å². The number of halogens is 2. The van der Waals surface area contributed by atoms with E-state index in [1.165, 1.54) is 36.2 Å². The van der Waals surface area contributed by atoms with E-state index in [1.54, 1.807) is 48.5 Å². The highest BCUT2D eigenvalue weighted by molar-refractivity contribution is 7.89. The molecule has 0 saturated heterocycles. The zero-order chi connectivity index (χ0) is 29.0. The number of carbonyl (C=O) groups excluding carboxylic acids is 1. The van der Waals surface area contributed by atoms with Gasteiger partial charge < -0.3 is 15.1 Å². The lowest BCUT2D eigenvalue weighted by molar-refractivity contribution is -0.118. The van der Waals surface area contributed by atoms with Crippen LogP contribution in [-0.4, -0.2) is 48.4 Å². The molecule has 0 fully saturated rings. The van der Waals surface area contributed by atoms with E-state index in [9.17, 15) is 28.2 Å². The topological polar surface area (TPSA) is 115 Å². The Bertz CT molecular complexity index is 1640. The number of carboxylic acid groups (broad SMARTS) is 1. The largest absolute Gasteiger partial charge is 0.507 e. The molecule has 0 radical (unpaired) electrons. The number of sulfonamides is 1. The third-order valence-electron chi connectivity index (χ3n) is 6.18. The highest BCUT2D eigenvalue weighted by Crippen LogP contribution is 2.27. The van der Waals surface area contributed by atoms with Crippen LogP contribution >= 0.6 is 23.2 Å². The van der Waals surface area contributed by atoms with Crippen molar-refractivity contribution in [2.24, 2.45) is 0 Å². The Balaban J connectivity index is 1.59. The Morgan fingerprint density at radius 1 is 0.800 bits per heavy atom. The van der Waals surface area contributed by atoms with Crippen molar-refractivity contribution in [2.75, 3.05) is 18.5 Å². The molecule has 0 aliphatic rings. The summed E-state index contributed by atoms with van der Waals surface area (Å²) in [6.07, 6.45) is 0. The number of aromatic carboxylic acids is 1. The van der Waals surface area contributed by atoms with Crippen LogP contribution in [0.25, 0.3) is 11.1 Å². The van der Waals surface area contributed by atoms with Crippen molar-refractivity contribution in [1.82, 2.24) is 4.31 Å². The number of benzene rings is 4. The van der Waals surface area contributed by atoms with Gasteiger partial charge >= 0.3 is 5.97 Å². The number of likely N-dealkylation sites (N-methyl/N-ethyl adjacent to an activating group) is 1. The number of carbonyl (C=O) groups is 2. The average Bonchev–Trinajstić information content (AvgIpc) is 2.93. The van der Waals surface area contributed by atoms with Crippen LogP contribution in [0.3, 0.4) is 0 Å². The van der Waals surface area contributed by atoms with Crippen LogP contribution in [0, 0.1) is 0 Å². The molecule has 4 aromatic carbocycles. The third kappa shape index (κ3) is 6.63. The summed E-state index contributed by atoms with van der Waals surface area (Å²) < 4.78 is 27.6. The zero-order valence-corrected chi connectivity index (χ0v) is 23.5. The molecule has 0 aromatic heterocycles. The predicted octanol–water partition coefficient (Wildman–Crippen LogP) is 5.92. The molecule has 2 N–H and O–H groups in total. The van der Waals surface area contributed by atoms with Crippen LogP contribution < -0.4 is 4.90 Å². The summed E-state index contributed by atoms with van der Waals surface area (Å²) in [5.41, 5.74) is 2.11. The van der Waals surface area contributed by atoms with Gasteiger partial charge in [-0.25, -0.2) is 13.2 Å². The normalized spacial score (nSPS) is 11.4. The Kier molecular flexibility index (Phi) is 8.80. The summed E-state index contributed by atoms with van der Waals surface area (Å²) in [6.45, 7) is -0.526. The van der Waals surface area contributed by atoms with Gasteiger partial charge in [0, 0.05) is 22.8 Å². The maximum absolute atomic E-state index is 13.5. The molecule has 206 valence electrons. The third-order valence-corrected chi connectivity index (χ3v) is 8.50. The van der Waals surface area contributed by atoms with Gasteiger partial charge in [0.15, 0.2) is 0 Å². The summed E-state index contributed by atoms with van der Waals surface area (Å²) in [4.78, 5) is 26.4. The molecular formula is C29H24Cl2N2O6S. The summed E-state index contributed by atoms with van der Waals surface area (Å²) in [6, 6.07) is 23.8. The summed E-state index contributed by atoms with van der Waals surface area (Å²) >= 11 is 11.9. The maximum atomic E-state index is 13.5. The molecule has 0 saturated carbocycles. The Hall–Kier alpha value is -3.89. The summed E-state index contributed by atoms with van der Waals surface area (Å²) in [5.74, 6) is -2.45. The highest BCUT2D eigenvalue weighted by Gasteiger charge is 2.27. The number of hydrogen-bond donors (Lipinski definition) is 2. The molecule has 0 spiro atoms. The van der Waals surface area contributed by atoms with E-state index in [-0.39, 0.29) is 17.1 Å². The number of carboxylic acids is 1. The lowest BCUT2D eigenvalue weighted by atomic mass is 10.1. The van der Waals surface area contributed by atoms with Crippen molar-refractivity contribution in [3.05, 3.63) is 112 Å². The maximum Gasteiger partial charge on any atom is 0.339 e. The van der Waals surface area contributed by atoms with Gasteiger partial charge in [0.05, 0.1) is 18.0 Å². The molecular weight excluding hydrogens is 575 g/mol. The van der Waals surface area contributed by atoms with E-state index in [0.717, 1.165) is 21.5 Å². The summed E-state index contributed by atoms with van der Waals surface area (Å²) in [5, 5.41) is 20.5. The van der Waals surface area contributed by atoms with Crippen molar-refractivity contribution in [3.8, 4) is 16.9 Å². The molecule has 4 aromatic rings. The molecule has 8 nitrogen and oxygen atoms in total. The first-order valence-corrected chi connectivity index (χ1v) is 14.1. The van der Waals surface area contributed by atoms with Crippen molar-refractivity contribution < 1.29 is 28.2 Å². The summed E-state index contributed by atoms with van der Waals surface area (Å²) in [7, 11) is -2.76. The minimum atomic E-state index is -4.05. The second-order valence-corrected chi connectivity index (χ2v) is 11.8. The Labute approximate surface area is 241 Å². The molecule has 0 bridgehead atoms. The minimum Gasteiger partial charge on any atom is -0.507 e. The molecule has 40 heavy (non-hydrogen) atoms. The molecule has 0 aliphatic heterocycles. The average molecular weight is 599 g/mol. The van der Waals surface area contributed by atoms with Gasteiger partial charge in [0.1, 0.15) is 11.3 Å². The van der Waals surface area contributed by atoms with Gasteiger partial charge in [0.2, 0.25) is 15.9 Å². The number of anilines is 1. The second-order valence-electron chi connectivity index (χ2n) is 8.91. The molecule has 0 atom stereocenters. The zero-order valence-electron chi connectivity index (χ0n) is 21.2. The lowest BCUT2D eigenvalue weighted by Gasteiger charge is -2.26. The second kappa shape index (κ2) is 12.1. The molecule has 11 heteroatoms. The van der Waals surface area contributed by atoms with Crippen molar-refractivity contribution in [1.29, 1.82) is 0 Å². The first kappa shape index (κ1) is 29.1. The van der Waals surface area contributed by atoms with Crippen LogP contribution in [0.1, 0.15) is 15.9 Å². The molecule has 0 aliphatic carbocycles. The first-order chi connectivity index (χ1) is 19.0. The number of aromatic hydroxyl groups is 1. The molecule has 0 heterocycles. The van der Waals surface area contributed by atoms with E-state index in [0.29, 0.717) is 15.6 Å². The van der Waals surface area contributed by atoms with E-state index in [4.69, 9.17) is 23.2 Å². The van der Waals surface area contributed by atoms with Crippen molar-refractivity contribution >= 4 is 50.8 Å². The predicted molar refractivity (Wildman–Crippen MR) is 154 cm³/mol. The van der Waals surface area contributed by atoms with Crippen molar-refractivity contribution in [3.63, 3.8) is 0 Å². The molecule has 0 unspecified atom stereocenters. The van der Waals surface area contributed by atoms with Crippen LogP contribution in [-0.2, 0) is 21.4 Å². The van der Waals surface area contributed by atoms with Gasteiger partial charge in [-0.15, -0.1) is 0 Å². The number of nitrogens with zero attached hydrogens (tertiary/aromatic N) is 2. The fourth-order valence-corrected chi connectivity index (χ4v) is 5.33. The fraction of sp³-hybridized carbons (Fsp3) is 0.103. The monoisotopic (exact) mass is 598 g/mol. The Morgan fingerprint density at radius 3 is 1.88 bits per heavy atom. The van der Waals surface area contributed by atoms with E-state index >= 15 is 0 Å². The van der Waals surface area contributed by atoms with Gasteiger partial charge in [0.25, 0.3) is 0 Å². The minimum absolute atomic E-state index is 0.00237. The molecule has 4 rings (SSSR count). The fourth-order valence-electron chi connectivity index (χ4n) is 3.96. The highest BCUT2D eigenvalue weighted by atomic mass is 35.5. The van der Waals surface area contributed by atoms with Crippen LogP contribution in [0.5, 0.6) is 5.75 Å². The molecule has 1 amide bonds. The van der Waals surface area contributed by atoms with E-state index in [2.05, 4.69) is 0 Å². The number of hydrogen-bond acceptors (Lipinski definition) is 5. The van der Waals surface area contributed by atoms with Gasteiger partial charge in [-0.05, 0) is 71.3 Å². The number of phenols is 1. The van der Waals surface area contributed by atoms with Crippen molar-refractivity contribution in [2.45, 2.75) is 11.4 Å². The van der Waals surface area contributed by atoms with Crippen LogP contribution in [0.15, 0.2) is 95.9 Å². The lowest BCUT2D eigenvalue weighted by Crippen LogP contribution is -2.41. The number of rotatable bonds is 9. The van der Waals surface area contributed by atoms with Gasteiger partial charge in [-0.2, -0.15) is 4.31 Å². The number of amides is 1. The SMILES string of the molecule is CN(CC(=O)N(Cc1ccc(Cl)cc1)c1ccc(O)c(C(=O)O)c1)S(=O)(=O)c1ccc(-c2ccc(Cl)cc2)cc1. The van der Waals surface area contributed by atoms with Crippen LogP contribution in [0.2, 0.25) is 10.0 Å². The van der Waals surface area contributed by atoms with Crippen LogP contribution in [0.4, 0.5) is 5.69 Å². The van der Waals surface area contributed by atoms with Gasteiger partial charge in [-0.1, -0.05) is 59.6 Å². The first-order valence-electron chi connectivity index (χ1n) is 11.9. The van der Waals surface area contributed by atoms with E-state index in [1.807, 2.05) is 12.1 Å². The Morgan fingerprint density at radius 2 is 1.32 bits per heavy atom. The standard InChI is InChI=1S/C29H24Cl2N2O6S/c1-32(40(38,39)25-13-6-21(7-14-25)20-4-10-23(31)11-5-20)18-28(35)33(17-19-2-8-22(30)9-3-19)24-12-15-27(34)26(16-24)29(36)37/h2-16,34H,17-18H2,1H3,(H,36,37). The van der Waals surface area contributed by atoms with E-state index < -0.39 is 39.8 Å². The smallest absolute Gasteiger partial charge is 0.339 e.